The lowest BCUT2D eigenvalue weighted by molar-refractivity contribution is -0.135. The molecule has 0 unspecified atom stereocenters. The van der Waals surface area contributed by atoms with Crippen molar-refractivity contribution in [1.82, 2.24) is 0 Å². The zero-order valence-corrected chi connectivity index (χ0v) is 9.47. The molecule has 84 valence electrons. The molecule has 0 aromatic carbocycles. The molecule has 0 aromatic heterocycles. The number of rotatable bonds is 3. The Hall–Kier alpha value is -0.540. The molecule has 0 amide bonds. The van der Waals surface area contributed by atoms with E-state index in [0.29, 0.717) is 0 Å². The van der Waals surface area contributed by atoms with E-state index >= 15 is 0 Å². The number of carbonyl (C=O) groups is 3. The maximum absolute atomic E-state index is 10.7. The fraction of sp³-hybridized carbons (Fsp3) is 0.500. The molecule has 0 atom stereocenters. The lowest BCUT2D eigenvalue weighted by atomic mass is 10.8. The summed E-state index contributed by atoms with van der Waals surface area (Å²) in [5.74, 6) is -3.62. The lowest BCUT2D eigenvalue weighted by Gasteiger charge is -2.26. The van der Waals surface area contributed by atoms with Crippen molar-refractivity contribution >= 4 is 53.2 Å². The normalized spacial score (nSPS) is 30.8. The van der Waals surface area contributed by atoms with Crippen LogP contribution in [-0.4, -0.2) is 47.0 Å². The van der Waals surface area contributed by atoms with Gasteiger partial charge < -0.3 is 15.3 Å². The molecule has 0 spiro atoms. The third kappa shape index (κ3) is 3.21. The number of carboxylic acids is 3. The van der Waals surface area contributed by atoms with Crippen LogP contribution in [0.25, 0.3) is 0 Å². The van der Waals surface area contributed by atoms with Gasteiger partial charge in [0, 0.05) is 0 Å². The Labute approximate surface area is 96.8 Å². The molecule has 1 saturated heterocycles. The molecule has 15 heavy (non-hydrogen) atoms. The van der Waals surface area contributed by atoms with Gasteiger partial charge in [-0.3, -0.25) is 14.4 Å². The van der Waals surface area contributed by atoms with E-state index in [4.69, 9.17) is 15.3 Å². The fourth-order valence-electron chi connectivity index (χ4n) is 0.782. The Morgan fingerprint density at radius 1 is 0.667 bits per heavy atom. The van der Waals surface area contributed by atoms with Gasteiger partial charge in [0.25, 0.3) is 0 Å². The second-order valence-electron chi connectivity index (χ2n) is 2.42. The monoisotopic (exact) mass is 270 g/mol. The molecule has 0 bridgehead atoms. The quantitative estimate of drug-likeness (QED) is 0.672. The summed E-state index contributed by atoms with van der Waals surface area (Å²) in [5.41, 5.74) is 0. The first kappa shape index (κ1) is 12.5. The lowest BCUT2D eigenvalue weighted by Crippen LogP contribution is -2.31. The molecule has 1 heterocycles. The minimum atomic E-state index is -1.21. The summed E-state index contributed by atoms with van der Waals surface area (Å²) in [5, 5.41) is 26.1. The van der Waals surface area contributed by atoms with Gasteiger partial charge in [-0.2, -0.15) is 0 Å². The van der Waals surface area contributed by atoms with Crippen LogP contribution in [0.3, 0.4) is 0 Å². The van der Waals surface area contributed by atoms with Crippen molar-refractivity contribution in [2.24, 2.45) is 0 Å². The second-order valence-corrected chi connectivity index (χ2v) is 6.96. The van der Waals surface area contributed by atoms with Gasteiger partial charge in [0.05, 0.1) is 0 Å². The average Bonchev–Trinajstić information content (AvgIpc) is 2.16. The molecule has 6 nitrogen and oxygen atoms in total. The van der Waals surface area contributed by atoms with E-state index in [0.717, 1.165) is 35.3 Å². The standard InChI is InChI=1S/C6H6O6S3/c7-1(8)4-13-5(2(9)10)15-6(14-4)3(11)12/h4-6H,(H,7,8)(H,9,10)(H,11,12). The van der Waals surface area contributed by atoms with Gasteiger partial charge in [-0.25, -0.2) is 0 Å². The number of hydrogen-bond acceptors (Lipinski definition) is 6. The average molecular weight is 270 g/mol. The van der Waals surface area contributed by atoms with Crippen molar-refractivity contribution in [2.75, 3.05) is 0 Å². The number of thioether (sulfide) groups is 3. The van der Waals surface area contributed by atoms with E-state index in [9.17, 15) is 14.4 Å². The molecular formula is C6H6O6S3. The molecular weight excluding hydrogens is 264 g/mol. The largest absolute Gasteiger partial charge is 0.480 e. The van der Waals surface area contributed by atoms with Gasteiger partial charge in [0.1, 0.15) is 0 Å². The number of hydrogen-bond donors (Lipinski definition) is 3. The Morgan fingerprint density at radius 3 is 1.00 bits per heavy atom. The number of aliphatic carboxylic acids is 3. The van der Waals surface area contributed by atoms with Crippen LogP contribution in [0.15, 0.2) is 0 Å². The van der Waals surface area contributed by atoms with Gasteiger partial charge in [-0.1, -0.05) is 0 Å². The van der Waals surface area contributed by atoms with Crippen LogP contribution in [-0.2, 0) is 14.4 Å². The topological polar surface area (TPSA) is 112 Å². The Kier molecular flexibility index (Phi) is 4.17. The SMILES string of the molecule is O=C(O)C1SC(C(=O)O)SC(C(=O)O)S1. The van der Waals surface area contributed by atoms with Gasteiger partial charge in [-0.05, 0) is 0 Å². The Bertz CT molecular complexity index is 252. The summed E-state index contributed by atoms with van der Waals surface area (Å²) < 4.78 is -3.14. The summed E-state index contributed by atoms with van der Waals surface area (Å²) in [7, 11) is 0. The van der Waals surface area contributed by atoms with Crippen molar-refractivity contribution in [2.45, 2.75) is 13.7 Å². The first-order valence-corrected chi connectivity index (χ1v) is 6.39. The molecule has 9 heteroatoms. The van der Waals surface area contributed by atoms with Crippen molar-refractivity contribution in [3.63, 3.8) is 0 Å². The summed E-state index contributed by atoms with van der Waals surface area (Å²) in [4.78, 5) is 32.0. The summed E-state index contributed by atoms with van der Waals surface area (Å²) in [6.45, 7) is 0. The van der Waals surface area contributed by atoms with Gasteiger partial charge in [0.2, 0.25) is 0 Å². The van der Waals surface area contributed by atoms with E-state index in [1.807, 2.05) is 0 Å². The Balaban J connectivity index is 2.77. The minimum absolute atomic E-state index is 0.732. The smallest absolute Gasteiger partial charge is 0.327 e. The first-order chi connectivity index (χ1) is 6.91. The van der Waals surface area contributed by atoms with E-state index < -0.39 is 31.7 Å². The highest BCUT2D eigenvalue weighted by atomic mass is 32.3. The molecule has 0 aromatic rings. The second kappa shape index (κ2) is 4.99. The van der Waals surface area contributed by atoms with Crippen LogP contribution >= 0.6 is 35.3 Å². The zero-order valence-electron chi connectivity index (χ0n) is 7.02. The summed E-state index contributed by atoms with van der Waals surface area (Å²) >= 11 is 2.20. The van der Waals surface area contributed by atoms with E-state index in [1.165, 1.54) is 0 Å². The third-order valence-electron chi connectivity index (χ3n) is 1.35. The van der Waals surface area contributed by atoms with Crippen molar-refractivity contribution in [3.05, 3.63) is 0 Å². The highest BCUT2D eigenvalue weighted by Crippen LogP contribution is 2.47. The third-order valence-corrected chi connectivity index (χ3v) is 6.04. The van der Waals surface area contributed by atoms with Crippen molar-refractivity contribution in [1.29, 1.82) is 0 Å². The fourth-order valence-corrected chi connectivity index (χ4v) is 5.56. The van der Waals surface area contributed by atoms with E-state index in [2.05, 4.69) is 0 Å². The number of carboxylic acid groups (broad SMARTS) is 3. The van der Waals surface area contributed by atoms with Crippen LogP contribution in [0.1, 0.15) is 0 Å². The zero-order chi connectivity index (χ0) is 11.6. The highest BCUT2D eigenvalue weighted by Gasteiger charge is 2.41. The first-order valence-electron chi connectivity index (χ1n) is 3.56. The molecule has 1 aliphatic rings. The minimum Gasteiger partial charge on any atom is -0.480 e. The maximum atomic E-state index is 10.7. The predicted molar refractivity (Wildman–Crippen MR) is 57.0 cm³/mol. The van der Waals surface area contributed by atoms with Crippen molar-refractivity contribution in [3.8, 4) is 0 Å². The van der Waals surface area contributed by atoms with Crippen molar-refractivity contribution < 1.29 is 29.7 Å². The van der Waals surface area contributed by atoms with Crippen LogP contribution in [0, 0.1) is 0 Å². The van der Waals surface area contributed by atoms with Crippen LogP contribution in [0.4, 0.5) is 0 Å². The summed E-state index contributed by atoms with van der Waals surface area (Å²) in [6, 6.07) is 0. The van der Waals surface area contributed by atoms with Crippen LogP contribution < -0.4 is 0 Å². The maximum Gasteiger partial charge on any atom is 0.327 e. The molecule has 3 N–H and O–H groups in total. The molecule has 1 rings (SSSR count). The van der Waals surface area contributed by atoms with Crippen LogP contribution in [0.5, 0.6) is 0 Å². The Morgan fingerprint density at radius 2 is 0.867 bits per heavy atom. The van der Waals surface area contributed by atoms with Gasteiger partial charge in [-0.15, -0.1) is 35.3 Å². The van der Waals surface area contributed by atoms with E-state index in [1.54, 1.807) is 0 Å². The predicted octanol–water partition coefficient (Wildman–Crippen LogP) is 0.432. The highest BCUT2D eigenvalue weighted by molar-refractivity contribution is 8.35. The van der Waals surface area contributed by atoms with Gasteiger partial charge >= 0.3 is 17.9 Å². The van der Waals surface area contributed by atoms with E-state index in [-0.39, 0.29) is 0 Å². The summed E-state index contributed by atoms with van der Waals surface area (Å²) in [6.07, 6.45) is 0. The molecule has 1 aliphatic heterocycles. The van der Waals surface area contributed by atoms with Gasteiger partial charge in [0.15, 0.2) is 13.7 Å². The molecule has 0 aliphatic carbocycles. The molecule has 0 radical (unpaired) electrons. The molecule has 1 fully saturated rings. The molecule has 0 saturated carbocycles. The van der Waals surface area contributed by atoms with Crippen LogP contribution in [0.2, 0.25) is 0 Å².